The number of H-pyrrole nitrogens is 1. The molecular formula is C24H32N4O3S. The SMILES string of the molecule is O=C(O)CCSC(Cc1nnn[nH]1)c1occc1CCCCCCCCc1ccccc1. The van der Waals surface area contributed by atoms with Crippen molar-refractivity contribution in [2.75, 3.05) is 5.75 Å². The van der Waals surface area contributed by atoms with Crippen molar-refractivity contribution < 1.29 is 14.3 Å². The number of tetrazole rings is 1. The lowest BCUT2D eigenvalue weighted by molar-refractivity contribution is -0.136. The van der Waals surface area contributed by atoms with Gasteiger partial charge in [-0.2, -0.15) is 0 Å². The average Bonchev–Trinajstić information content (AvgIpc) is 3.47. The Labute approximate surface area is 193 Å². The number of benzene rings is 1. The molecule has 0 radical (unpaired) electrons. The molecule has 0 spiro atoms. The van der Waals surface area contributed by atoms with Crippen LogP contribution in [0.5, 0.6) is 0 Å². The van der Waals surface area contributed by atoms with E-state index in [2.05, 4.69) is 51.0 Å². The van der Waals surface area contributed by atoms with Crippen LogP contribution in [0.15, 0.2) is 47.1 Å². The number of hydrogen-bond donors (Lipinski definition) is 2. The molecule has 1 aromatic carbocycles. The topological polar surface area (TPSA) is 105 Å². The molecule has 3 aromatic rings. The zero-order valence-corrected chi connectivity index (χ0v) is 19.2. The van der Waals surface area contributed by atoms with Gasteiger partial charge in [0.05, 0.1) is 17.9 Å². The molecule has 2 heterocycles. The summed E-state index contributed by atoms with van der Waals surface area (Å²) in [7, 11) is 0. The minimum Gasteiger partial charge on any atom is -0.481 e. The number of aryl methyl sites for hydroxylation is 2. The highest BCUT2D eigenvalue weighted by atomic mass is 32.2. The van der Waals surface area contributed by atoms with Gasteiger partial charge in [0.15, 0.2) is 0 Å². The number of hydrogen-bond acceptors (Lipinski definition) is 6. The van der Waals surface area contributed by atoms with E-state index in [1.165, 1.54) is 49.7 Å². The van der Waals surface area contributed by atoms with Crippen LogP contribution in [-0.4, -0.2) is 37.5 Å². The number of unbranched alkanes of at least 4 members (excludes halogenated alkanes) is 5. The normalized spacial score (nSPS) is 12.1. The average molecular weight is 457 g/mol. The number of aromatic nitrogens is 4. The Hall–Kier alpha value is -2.61. The van der Waals surface area contributed by atoms with Crippen molar-refractivity contribution in [1.82, 2.24) is 20.6 Å². The van der Waals surface area contributed by atoms with Crippen LogP contribution in [0.1, 0.15) is 72.9 Å². The maximum absolute atomic E-state index is 10.9. The van der Waals surface area contributed by atoms with Crippen molar-refractivity contribution >= 4 is 17.7 Å². The molecule has 1 unspecified atom stereocenters. The Morgan fingerprint density at radius 3 is 2.50 bits per heavy atom. The number of carboxylic acid groups (broad SMARTS) is 1. The van der Waals surface area contributed by atoms with E-state index in [9.17, 15) is 4.79 Å². The zero-order chi connectivity index (χ0) is 22.4. The van der Waals surface area contributed by atoms with E-state index < -0.39 is 5.97 Å². The highest BCUT2D eigenvalue weighted by molar-refractivity contribution is 7.99. The van der Waals surface area contributed by atoms with Crippen molar-refractivity contribution in [3.05, 3.63) is 65.4 Å². The molecule has 3 rings (SSSR count). The van der Waals surface area contributed by atoms with E-state index in [-0.39, 0.29) is 11.7 Å². The number of nitrogens with zero attached hydrogens (tertiary/aromatic N) is 3. The lowest BCUT2D eigenvalue weighted by atomic mass is 10.0. The molecule has 0 aliphatic rings. The van der Waals surface area contributed by atoms with Crippen LogP contribution in [0.25, 0.3) is 0 Å². The van der Waals surface area contributed by atoms with E-state index in [1.807, 2.05) is 6.07 Å². The first-order chi connectivity index (χ1) is 15.7. The molecule has 1 atom stereocenters. The predicted octanol–water partition coefficient (Wildman–Crippen LogP) is 5.41. The maximum Gasteiger partial charge on any atom is 0.304 e. The summed E-state index contributed by atoms with van der Waals surface area (Å²) < 4.78 is 5.83. The molecule has 0 amide bonds. The summed E-state index contributed by atoms with van der Waals surface area (Å²) >= 11 is 1.58. The molecule has 2 aromatic heterocycles. The molecule has 172 valence electrons. The fourth-order valence-electron chi connectivity index (χ4n) is 3.79. The van der Waals surface area contributed by atoms with Gasteiger partial charge < -0.3 is 9.52 Å². The third kappa shape index (κ3) is 8.49. The standard InChI is InChI=1S/C24H32N4O3S/c29-23(30)15-17-32-21(18-22-25-27-28-26-22)24-20(14-16-31-24)13-9-4-2-1-3-6-10-19-11-7-5-8-12-19/h5,7-8,11-12,14,16,21H,1-4,6,9-10,13,15,17-18H2,(H,29,30)(H,25,26,27,28). The molecule has 7 nitrogen and oxygen atoms in total. The smallest absolute Gasteiger partial charge is 0.304 e. The summed E-state index contributed by atoms with van der Waals surface area (Å²) in [6.07, 6.45) is 12.0. The summed E-state index contributed by atoms with van der Waals surface area (Å²) in [5.74, 6) is 1.32. The van der Waals surface area contributed by atoms with Crippen LogP contribution < -0.4 is 0 Å². The molecule has 0 aliphatic heterocycles. The quantitative estimate of drug-likeness (QED) is 0.278. The van der Waals surface area contributed by atoms with Gasteiger partial charge in [-0.3, -0.25) is 4.79 Å². The van der Waals surface area contributed by atoms with Gasteiger partial charge in [0.25, 0.3) is 0 Å². The third-order valence-corrected chi connectivity index (χ3v) is 6.70. The van der Waals surface area contributed by atoms with Gasteiger partial charge in [0.2, 0.25) is 0 Å². The van der Waals surface area contributed by atoms with Crippen molar-refractivity contribution in [3.8, 4) is 0 Å². The molecule has 0 aliphatic carbocycles. The van der Waals surface area contributed by atoms with Gasteiger partial charge in [0, 0.05) is 12.2 Å². The van der Waals surface area contributed by atoms with Gasteiger partial charge in [-0.25, -0.2) is 5.10 Å². The summed E-state index contributed by atoms with van der Waals surface area (Å²) in [4.78, 5) is 10.9. The Bertz CT molecular complexity index is 899. The largest absolute Gasteiger partial charge is 0.481 e. The van der Waals surface area contributed by atoms with E-state index in [0.29, 0.717) is 18.0 Å². The fraction of sp³-hybridized carbons (Fsp3) is 0.500. The second-order valence-electron chi connectivity index (χ2n) is 7.97. The molecule has 2 N–H and O–H groups in total. The fourth-order valence-corrected chi connectivity index (χ4v) is 5.00. The van der Waals surface area contributed by atoms with Gasteiger partial charge >= 0.3 is 5.97 Å². The minimum absolute atomic E-state index is 0.00733. The number of aliphatic carboxylic acids is 1. The maximum atomic E-state index is 10.9. The van der Waals surface area contributed by atoms with Crippen LogP contribution in [-0.2, 0) is 24.1 Å². The number of nitrogens with one attached hydrogen (secondary N) is 1. The highest BCUT2D eigenvalue weighted by Crippen LogP contribution is 2.35. The number of aromatic amines is 1. The van der Waals surface area contributed by atoms with Gasteiger partial charge in [-0.05, 0) is 53.3 Å². The summed E-state index contributed by atoms with van der Waals surface area (Å²) in [6, 6.07) is 12.7. The molecule has 8 heteroatoms. The number of carboxylic acids is 1. The van der Waals surface area contributed by atoms with Crippen LogP contribution in [0.2, 0.25) is 0 Å². The lowest BCUT2D eigenvalue weighted by Crippen LogP contribution is -2.05. The zero-order valence-electron chi connectivity index (χ0n) is 18.4. The predicted molar refractivity (Wildman–Crippen MR) is 126 cm³/mol. The Morgan fingerprint density at radius 2 is 1.78 bits per heavy atom. The van der Waals surface area contributed by atoms with Crippen molar-refractivity contribution in [2.45, 2.75) is 69.5 Å². The van der Waals surface area contributed by atoms with Crippen molar-refractivity contribution in [3.63, 3.8) is 0 Å². The van der Waals surface area contributed by atoms with Crippen molar-refractivity contribution in [2.24, 2.45) is 0 Å². The van der Waals surface area contributed by atoms with Gasteiger partial charge in [-0.15, -0.1) is 16.9 Å². The molecule has 0 saturated carbocycles. The van der Waals surface area contributed by atoms with E-state index >= 15 is 0 Å². The molecule has 0 fully saturated rings. The Balaban J connectivity index is 1.39. The number of furan rings is 1. The van der Waals surface area contributed by atoms with Gasteiger partial charge in [-0.1, -0.05) is 56.0 Å². The monoisotopic (exact) mass is 456 g/mol. The second-order valence-corrected chi connectivity index (χ2v) is 9.28. The Morgan fingerprint density at radius 1 is 1.03 bits per heavy atom. The number of thioether (sulfide) groups is 1. The van der Waals surface area contributed by atoms with Crippen LogP contribution in [0.4, 0.5) is 0 Å². The molecule has 0 bridgehead atoms. The van der Waals surface area contributed by atoms with Crippen LogP contribution in [0.3, 0.4) is 0 Å². The number of rotatable bonds is 16. The van der Waals surface area contributed by atoms with Crippen LogP contribution in [0, 0.1) is 0 Å². The van der Waals surface area contributed by atoms with E-state index in [0.717, 1.165) is 18.6 Å². The van der Waals surface area contributed by atoms with Gasteiger partial charge in [0.1, 0.15) is 11.6 Å². The first kappa shape index (κ1) is 24.0. The second kappa shape index (κ2) is 13.7. The molecule has 32 heavy (non-hydrogen) atoms. The first-order valence-electron chi connectivity index (χ1n) is 11.4. The first-order valence-corrected chi connectivity index (χ1v) is 12.4. The summed E-state index contributed by atoms with van der Waals surface area (Å²) in [5.41, 5.74) is 2.63. The Kier molecular flexibility index (Phi) is 10.3. The summed E-state index contributed by atoms with van der Waals surface area (Å²) in [6.45, 7) is 0. The van der Waals surface area contributed by atoms with Crippen LogP contribution >= 0.6 is 11.8 Å². The molecule has 0 saturated heterocycles. The number of carbonyl (C=O) groups is 1. The van der Waals surface area contributed by atoms with E-state index in [1.54, 1.807) is 18.0 Å². The molecular weight excluding hydrogens is 424 g/mol. The third-order valence-electron chi connectivity index (χ3n) is 5.48. The van der Waals surface area contributed by atoms with E-state index in [4.69, 9.17) is 9.52 Å². The van der Waals surface area contributed by atoms with Crippen molar-refractivity contribution in [1.29, 1.82) is 0 Å². The minimum atomic E-state index is -0.791. The summed E-state index contributed by atoms with van der Waals surface area (Å²) in [5, 5.41) is 23.0. The highest BCUT2D eigenvalue weighted by Gasteiger charge is 2.22. The lowest BCUT2D eigenvalue weighted by Gasteiger charge is -2.14.